The lowest BCUT2D eigenvalue weighted by Crippen LogP contribution is -2.13. The van der Waals surface area contributed by atoms with Crippen LogP contribution in [-0.2, 0) is 4.74 Å². The van der Waals surface area contributed by atoms with E-state index in [4.69, 9.17) is 16.3 Å². The van der Waals surface area contributed by atoms with Crippen molar-refractivity contribution in [2.75, 3.05) is 19.0 Å². The summed E-state index contributed by atoms with van der Waals surface area (Å²) in [6.07, 6.45) is 2.93. The van der Waals surface area contributed by atoms with E-state index >= 15 is 0 Å². The third-order valence-electron chi connectivity index (χ3n) is 2.51. The van der Waals surface area contributed by atoms with Crippen molar-refractivity contribution in [2.24, 2.45) is 0 Å². The SMILES string of the molecule is CNc1ncc(Cl)c(SC2CCOC2C)n1. The molecule has 1 aromatic rings. The van der Waals surface area contributed by atoms with Crippen LogP contribution in [0.2, 0.25) is 5.02 Å². The molecule has 0 aliphatic carbocycles. The monoisotopic (exact) mass is 259 g/mol. The molecule has 1 saturated heterocycles. The largest absolute Gasteiger partial charge is 0.377 e. The van der Waals surface area contributed by atoms with Gasteiger partial charge in [-0.15, -0.1) is 0 Å². The molecule has 2 rings (SSSR count). The molecule has 2 unspecified atom stereocenters. The molecule has 0 spiro atoms. The van der Waals surface area contributed by atoms with Crippen LogP contribution in [0.3, 0.4) is 0 Å². The van der Waals surface area contributed by atoms with E-state index in [0.29, 0.717) is 16.2 Å². The van der Waals surface area contributed by atoms with Crippen LogP contribution >= 0.6 is 23.4 Å². The molecule has 4 nitrogen and oxygen atoms in total. The quantitative estimate of drug-likeness (QED) is 0.845. The summed E-state index contributed by atoms with van der Waals surface area (Å²) in [5.41, 5.74) is 0. The number of nitrogens with one attached hydrogen (secondary N) is 1. The summed E-state index contributed by atoms with van der Waals surface area (Å²) in [4.78, 5) is 8.39. The summed E-state index contributed by atoms with van der Waals surface area (Å²) < 4.78 is 5.51. The fraction of sp³-hybridized carbons (Fsp3) is 0.600. The topological polar surface area (TPSA) is 47.0 Å². The number of ether oxygens (including phenoxy) is 1. The third kappa shape index (κ3) is 2.59. The van der Waals surface area contributed by atoms with E-state index in [-0.39, 0.29) is 6.10 Å². The van der Waals surface area contributed by atoms with Gasteiger partial charge in [0.05, 0.1) is 17.3 Å². The van der Waals surface area contributed by atoms with Crippen LogP contribution in [0.15, 0.2) is 11.2 Å². The smallest absolute Gasteiger partial charge is 0.223 e. The van der Waals surface area contributed by atoms with E-state index in [1.165, 1.54) is 0 Å². The first-order valence-corrected chi connectivity index (χ1v) is 6.45. The molecule has 0 saturated carbocycles. The van der Waals surface area contributed by atoms with Crippen LogP contribution in [0.25, 0.3) is 0 Å². The maximum atomic E-state index is 6.06. The number of hydrogen-bond acceptors (Lipinski definition) is 5. The fourth-order valence-electron chi connectivity index (χ4n) is 1.56. The Morgan fingerprint density at radius 1 is 1.62 bits per heavy atom. The summed E-state index contributed by atoms with van der Waals surface area (Å²) in [6.45, 7) is 2.90. The minimum Gasteiger partial charge on any atom is -0.377 e. The number of thioether (sulfide) groups is 1. The van der Waals surface area contributed by atoms with Gasteiger partial charge in [0.15, 0.2) is 0 Å². The van der Waals surface area contributed by atoms with Crippen molar-refractivity contribution in [2.45, 2.75) is 29.7 Å². The second-order valence-electron chi connectivity index (χ2n) is 3.62. The molecule has 2 heterocycles. The molecule has 1 aliphatic rings. The second kappa shape index (κ2) is 5.21. The molecule has 1 N–H and O–H groups in total. The highest BCUT2D eigenvalue weighted by molar-refractivity contribution is 8.00. The Balaban J connectivity index is 2.13. The van der Waals surface area contributed by atoms with E-state index in [1.807, 2.05) is 0 Å². The Hall–Kier alpha value is -0.520. The number of nitrogens with zero attached hydrogens (tertiary/aromatic N) is 2. The van der Waals surface area contributed by atoms with Crippen molar-refractivity contribution in [3.63, 3.8) is 0 Å². The van der Waals surface area contributed by atoms with Crippen LogP contribution < -0.4 is 5.32 Å². The summed E-state index contributed by atoms with van der Waals surface area (Å²) in [7, 11) is 1.79. The second-order valence-corrected chi connectivity index (χ2v) is 5.25. The average molecular weight is 260 g/mol. The number of hydrogen-bond donors (Lipinski definition) is 1. The average Bonchev–Trinajstić information content (AvgIpc) is 2.68. The van der Waals surface area contributed by atoms with Crippen LogP contribution in [0.4, 0.5) is 5.95 Å². The van der Waals surface area contributed by atoms with Crippen LogP contribution in [0, 0.1) is 0 Å². The first kappa shape index (κ1) is 12.0. The summed E-state index contributed by atoms with van der Waals surface area (Å²) >= 11 is 7.73. The lowest BCUT2D eigenvalue weighted by molar-refractivity contribution is 0.127. The van der Waals surface area contributed by atoms with Crippen molar-refractivity contribution in [1.29, 1.82) is 0 Å². The van der Waals surface area contributed by atoms with Gasteiger partial charge in [-0.25, -0.2) is 9.97 Å². The van der Waals surface area contributed by atoms with Gasteiger partial charge in [0, 0.05) is 18.9 Å². The van der Waals surface area contributed by atoms with Crippen molar-refractivity contribution in [1.82, 2.24) is 9.97 Å². The van der Waals surface area contributed by atoms with Crippen molar-refractivity contribution >= 4 is 29.3 Å². The van der Waals surface area contributed by atoms with Crippen LogP contribution in [0.1, 0.15) is 13.3 Å². The lowest BCUT2D eigenvalue weighted by Gasteiger charge is -2.13. The molecule has 6 heteroatoms. The molecule has 0 aromatic carbocycles. The van der Waals surface area contributed by atoms with E-state index < -0.39 is 0 Å². The minimum absolute atomic E-state index is 0.258. The number of anilines is 1. The van der Waals surface area contributed by atoms with E-state index in [1.54, 1.807) is 25.0 Å². The van der Waals surface area contributed by atoms with Gasteiger partial charge in [-0.2, -0.15) is 0 Å². The molecular formula is C10H14ClN3OS. The van der Waals surface area contributed by atoms with Gasteiger partial charge >= 0.3 is 0 Å². The highest BCUT2D eigenvalue weighted by Gasteiger charge is 2.26. The van der Waals surface area contributed by atoms with Gasteiger partial charge in [-0.3, -0.25) is 0 Å². The highest BCUT2D eigenvalue weighted by atomic mass is 35.5. The molecule has 88 valence electrons. The number of rotatable bonds is 3. The minimum atomic E-state index is 0.258. The Bertz CT molecular complexity index is 377. The zero-order valence-corrected chi connectivity index (χ0v) is 10.8. The molecule has 2 atom stereocenters. The zero-order valence-electron chi connectivity index (χ0n) is 9.24. The van der Waals surface area contributed by atoms with Crippen molar-refractivity contribution in [3.8, 4) is 0 Å². The Kier molecular flexibility index (Phi) is 3.89. The lowest BCUT2D eigenvalue weighted by atomic mass is 10.3. The zero-order chi connectivity index (χ0) is 11.5. The first-order chi connectivity index (χ1) is 7.70. The van der Waals surface area contributed by atoms with Crippen LogP contribution in [-0.4, -0.2) is 35.0 Å². The van der Waals surface area contributed by atoms with E-state index in [0.717, 1.165) is 18.1 Å². The maximum Gasteiger partial charge on any atom is 0.223 e. The van der Waals surface area contributed by atoms with Gasteiger partial charge in [0.1, 0.15) is 5.03 Å². The van der Waals surface area contributed by atoms with Gasteiger partial charge in [0.25, 0.3) is 0 Å². The van der Waals surface area contributed by atoms with Gasteiger partial charge in [0.2, 0.25) is 5.95 Å². The molecule has 0 bridgehead atoms. The van der Waals surface area contributed by atoms with E-state index in [9.17, 15) is 0 Å². The Labute approximate surface area is 104 Å². The molecule has 1 aromatic heterocycles. The molecule has 0 radical (unpaired) electrons. The van der Waals surface area contributed by atoms with Crippen LogP contribution in [0.5, 0.6) is 0 Å². The van der Waals surface area contributed by atoms with Crippen molar-refractivity contribution < 1.29 is 4.74 Å². The molecule has 1 fully saturated rings. The molecule has 1 aliphatic heterocycles. The highest BCUT2D eigenvalue weighted by Crippen LogP contribution is 2.35. The molecular weight excluding hydrogens is 246 g/mol. The standard InChI is InChI=1S/C10H14ClN3OS/c1-6-8(3-4-15-6)16-9-7(11)5-13-10(12-2)14-9/h5-6,8H,3-4H2,1-2H3,(H,12,13,14). The fourth-order valence-corrected chi connectivity index (χ4v) is 2.87. The molecule has 16 heavy (non-hydrogen) atoms. The van der Waals surface area contributed by atoms with Crippen molar-refractivity contribution in [3.05, 3.63) is 11.2 Å². The van der Waals surface area contributed by atoms with E-state index in [2.05, 4.69) is 22.2 Å². The number of aromatic nitrogens is 2. The summed E-state index contributed by atoms with van der Waals surface area (Å²) in [5, 5.41) is 4.76. The first-order valence-electron chi connectivity index (χ1n) is 5.19. The molecule has 0 amide bonds. The Morgan fingerprint density at radius 2 is 2.44 bits per heavy atom. The predicted octanol–water partition coefficient (Wildman–Crippen LogP) is 2.44. The van der Waals surface area contributed by atoms with Gasteiger partial charge in [-0.05, 0) is 13.3 Å². The third-order valence-corrected chi connectivity index (χ3v) is 4.35. The van der Waals surface area contributed by atoms with Gasteiger partial charge < -0.3 is 10.1 Å². The Morgan fingerprint density at radius 3 is 3.06 bits per heavy atom. The van der Waals surface area contributed by atoms with Gasteiger partial charge in [-0.1, -0.05) is 23.4 Å². The number of halogens is 1. The summed E-state index contributed by atoms with van der Waals surface area (Å²) in [5.74, 6) is 0.596. The normalized spacial score (nSPS) is 24.7. The summed E-state index contributed by atoms with van der Waals surface area (Å²) in [6, 6.07) is 0. The predicted molar refractivity (Wildman–Crippen MR) is 66.3 cm³/mol. The maximum absolute atomic E-state index is 6.06.